The molecule has 0 spiro atoms. The van der Waals surface area contributed by atoms with E-state index in [1.54, 1.807) is 7.05 Å². The van der Waals surface area contributed by atoms with Crippen molar-refractivity contribution in [1.29, 1.82) is 0 Å². The lowest BCUT2D eigenvalue weighted by molar-refractivity contribution is 0.431. The molecule has 1 aliphatic rings. The van der Waals surface area contributed by atoms with Crippen LogP contribution in [0.25, 0.3) is 11.2 Å². The number of nitrogens with one attached hydrogen (secondary N) is 2. The molecule has 0 unspecified atom stereocenters. The van der Waals surface area contributed by atoms with Crippen LogP contribution in [0.4, 0.5) is 5.82 Å². The quantitative estimate of drug-likeness (QED) is 0.586. The average Bonchev–Trinajstić information content (AvgIpc) is 2.66. The van der Waals surface area contributed by atoms with E-state index in [2.05, 4.69) is 20.3 Å². The maximum Gasteiger partial charge on any atom is 0.327 e. The highest BCUT2D eigenvalue weighted by atomic mass is 16.3. The van der Waals surface area contributed by atoms with E-state index in [1.807, 2.05) is 4.90 Å². The number of nitrogens with zero attached hydrogens (tertiary/aromatic N) is 4. The van der Waals surface area contributed by atoms with E-state index in [0.717, 1.165) is 26.2 Å². The summed E-state index contributed by atoms with van der Waals surface area (Å²) in [5.74, 6) is 0.580. The van der Waals surface area contributed by atoms with Crippen LogP contribution in [-0.2, 0) is 7.05 Å². The topological polar surface area (TPSA) is 99.1 Å². The summed E-state index contributed by atoms with van der Waals surface area (Å²) in [7, 11) is 1.61. The van der Waals surface area contributed by atoms with Crippen molar-refractivity contribution in [3.8, 4) is 6.01 Å². The van der Waals surface area contributed by atoms with E-state index in [0.29, 0.717) is 17.0 Å². The third kappa shape index (κ3) is 1.61. The lowest BCUT2D eigenvalue weighted by Gasteiger charge is -2.28. The van der Waals surface area contributed by atoms with Crippen LogP contribution in [0.1, 0.15) is 0 Å². The molecule has 0 atom stereocenters. The van der Waals surface area contributed by atoms with Crippen molar-refractivity contribution >= 4 is 17.0 Å². The van der Waals surface area contributed by atoms with Gasteiger partial charge in [0.15, 0.2) is 11.5 Å². The molecule has 0 bridgehead atoms. The number of hydrogen-bond acceptors (Lipinski definition) is 6. The molecule has 1 fully saturated rings. The fourth-order valence-corrected chi connectivity index (χ4v) is 2.17. The molecular formula is C10H14N6O2. The van der Waals surface area contributed by atoms with Crippen LogP contribution in [0, 0.1) is 0 Å². The Morgan fingerprint density at radius 3 is 2.72 bits per heavy atom. The van der Waals surface area contributed by atoms with Gasteiger partial charge in [0.05, 0.1) is 0 Å². The van der Waals surface area contributed by atoms with Crippen molar-refractivity contribution < 1.29 is 5.11 Å². The van der Waals surface area contributed by atoms with Crippen LogP contribution in [0.3, 0.4) is 0 Å². The molecule has 0 amide bonds. The molecule has 0 aromatic carbocycles. The lowest BCUT2D eigenvalue weighted by Crippen LogP contribution is -2.44. The fraction of sp³-hybridized carbons (Fsp3) is 0.500. The molecule has 3 N–H and O–H groups in total. The summed E-state index contributed by atoms with van der Waals surface area (Å²) in [6.45, 7) is 3.26. The third-order valence-corrected chi connectivity index (χ3v) is 3.13. The summed E-state index contributed by atoms with van der Waals surface area (Å²) in [5.41, 5.74) is 0.726. The zero-order valence-corrected chi connectivity index (χ0v) is 9.97. The molecule has 0 radical (unpaired) electrons. The van der Waals surface area contributed by atoms with E-state index >= 15 is 0 Å². The molecule has 18 heavy (non-hydrogen) atoms. The van der Waals surface area contributed by atoms with Gasteiger partial charge in [0.1, 0.15) is 5.52 Å². The van der Waals surface area contributed by atoms with E-state index in [4.69, 9.17) is 0 Å². The van der Waals surface area contributed by atoms with Gasteiger partial charge in [-0.1, -0.05) is 0 Å². The number of fused-ring (bicyclic) bond motifs is 1. The molecule has 1 aliphatic heterocycles. The zero-order chi connectivity index (χ0) is 12.7. The van der Waals surface area contributed by atoms with Gasteiger partial charge < -0.3 is 20.3 Å². The van der Waals surface area contributed by atoms with Gasteiger partial charge in [0.25, 0.3) is 0 Å². The molecule has 3 rings (SSSR count). The van der Waals surface area contributed by atoms with E-state index in [1.165, 1.54) is 4.57 Å². The first-order valence-electron chi connectivity index (χ1n) is 5.78. The van der Waals surface area contributed by atoms with Gasteiger partial charge in [0, 0.05) is 33.2 Å². The summed E-state index contributed by atoms with van der Waals surface area (Å²) < 4.78 is 1.36. The Labute approximate surface area is 102 Å². The Hall–Kier alpha value is -2.09. The normalized spacial score (nSPS) is 16.4. The molecule has 0 aliphatic carbocycles. The number of hydrogen-bond donors (Lipinski definition) is 3. The van der Waals surface area contributed by atoms with Gasteiger partial charge in [-0.15, -0.1) is 0 Å². The number of aryl methyl sites for hydroxylation is 1. The second-order valence-electron chi connectivity index (χ2n) is 4.27. The highest BCUT2D eigenvalue weighted by Gasteiger charge is 2.19. The van der Waals surface area contributed by atoms with E-state index < -0.39 is 0 Å². The number of piperazine rings is 1. The maximum absolute atomic E-state index is 11.6. The summed E-state index contributed by atoms with van der Waals surface area (Å²) >= 11 is 0. The maximum atomic E-state index is 11.6. The first-order chi connectivity index (χ1) is 8.66. The summed E-state index contributed by atoms with van der Waals surface area (Å²) in [5, 5.41) is 12.8. The molecule has 2 aromatic rings. The second-order valence-corrected chi connectivity index (χ2v) is 4.27. The van der Waals surface area contributed by atoms with Crippen molar-refractivity contribution in [2.45, 2.75) is 0 Å². The smallest absolute Gasteiger partial charge is 0.327 e. The SMILES string of the molecule is Cn1c(=O)[nH]c2c(N3CCNCC3)nc(O)nc21. The van der Waals surface area contributed by atoms with Crippen molar-refractivity contribution in [2.75, 3.05) is 31.1 Å². The Morgan fingerprint density at radius 1 is 1.28 bits per heavy atom. The Bertz CT molecular complexity index is 640. The molecule has 8 nitrogen and oxygen atoms in total. The molecule has 1 saturated heterocycles. The minimum Gasteiger partial charge on any atom is -0.479 e. The largest absolute Gasteiger partial charge is 0.479 e. The molecule has 8 heteroatoms. The van der Waals surface area contributed by atoms with E-state index in [9.17, 15) is 9.90 Å². The van der Waals surface area contributed by atoms with Gasteiger partial charge in [-0.25, -0.2) is 4.79 Å². The van der Waals surface area contributed by atoms with Crippen LogP contribution in [0.2, 0.25) is 0 Å². The minimum atomic E-state index is -0.314. The van der Waals surface area contributed by atoms with Crippen LogP contribution < -0.4 is 15.9 Å². The zero-order valence-electron chi connectivity index (χ0n) is 9.97. The average molecular weight is 250 g/mol. The highest BCUT2D eigenvalue weighted by molar-refractivity contribution is 5.84. The van der Waals surface area contributed by atoms with Gasteiger partial charge in [-0.05, 0) is 0 Å². The standard InChI is InChI=1S/C10H14N6O2/c1-15-7-6(12-10(15)18)8(14-9(17)13-7)16-4-2-11-3-5-16/h11H,2-5H2,1H3,(H,12,18)(H,13,14,17). The Morgan fingerprint density at radius 2 is 2.00 bits per heavy atom. The van der Waals surface area contributed by atoms with Crippen molar-refractivity contribution in [1.82, 2.24) is 24.8 Å². The molecule has 0 saturated carbocycles. The molecule has 3 heterocycles. The third-order valence-electron chi connectivity index (χ3n) is 3.13. The van der Waals surface area contributed by atoms with Crippen LogP contribution >= 0.6 is 0 Å². The first-order valence-corrected chi connectivity index (χ1v) is 5.78. The number of anilines is 1. The van der Waals surface area contributed by atoms with Crippen LogP contribution in [-0.4, -0.2) is 50.8 Å². The van der Waals surface area contributed by atoms with Crippen molar-refractivity contribution in [2.24, 2.45) is 7.05 Å². The Kier molecular flexibility index (Phi) is 2.44. The van der Waals surface area contributed by atoms with E-state index in [-0.39, 0.29) is 11.7 Å². The number of aromatic hydroxyl groups is 1. The van der Waals surface area contributed by atoms with Crippen molar-refractivity contribution in [3.63, 3.8) is 0 Å². The molecule has 96 valence electrons. The van der Waals surface area contributed by atoms with Crippen LogP contribution in [0.15, 0.2) is 4.79 Å². The van der Waals surface area contributed by atoms with Crippen LogP contribution in [0.5, 0.6) is 6.01 Å². The molecule has 2 aromatic heterocycles. The first kappa shape index (κ1) is 11.0. The number of H-pyrrole nitrogens is 1. The number of rotatable bonds is 1. The number of aromatic nitrogens is 4. The monoisotopic (exact) mass is 250 g/mol. The second kappa shape index (κ2) is 3.98. The van der Waals surface area contributed by atoms with Gasteiger partial charge in [0.2, 0.25) is 0 Å². The predicted octanol–water partition coefficient (Wildman–Crippen LogP) is -1.23. The summed E-state index contributed by atoms with van der Waals surface area (Å²) in [6, 6.07) is -0.314. The van der Waals surface area contributed by atoms with Crippen molar-refractivity contribution in [3.05, 3.63) is 10.5 Å². The minimum absolute atomic E-state index is 0.263. The Balaban J connectivity index is 2.21. The fourth-order valence-electron chi connectivity index (χ4n) is 2.17. The number of aromatic amines is 1. The predicted molar refractivity (Wildman–Crippen MR) is 65.9 cm³/mol. The molecular weight excluding hydrogens is 236 g/mol. The highest BCUT2D eigenvalue weighted by Crippen LogP contribution is 2.23. The summed E-state index contributed by atoms with van der Waals surface area (Å²) in [6.07, 6.45) is 0. The summed E-state index contributed by atoms with van der Waals surface area (Å²) in [4.78, 5) is 24.3. The van der Waals surface area contributed by atoms with Gasteiger partial charge >= 0.3 is 11.7 Å². The van der Waals surface area contributed by atoms with Gasteiger partial charge in [-0.3, -0.25) is 4.57 Å². The lowest BCUT2D eigenvalue weighted by atomic mass is 10.3. The van der Waals surface area contributed by atoms with Gasteiger partial charge in [-0.2, -0.15) is 9.97 Å². The number of imidazole rings is 1.